The van der Waals surface area contributed by atoms with Gasteiger partial charge in [0.15, 0.2) is 0 Å². The normalized spacial score (nSPS) is 11.8. The second-order valence-corrected chi connectivity index (χ2v) is 6.16. The summed E-state index contributed by atoms with van der Waals surface area (Å²) >= 11 is 0. The van der Waals surface area contributed by atoms with Gasteiger partial charge in [-0.1, -0.05) is 32.6 Å². The molecule has 0 aromatic carbocycles. The van der Waals surface area contributed by atoms with Crippen molar-refractivity contribution in [2.45, 2.75) is 77.6 Å². The van der Waals surface area contributed by atoms with Crippen LogP contribution in [0, 0.1) is 5.92 Å². The van der Waals surface area contributed by atoms with Crippen molar-refractivity contribution < 1.29 is 23.9 Å². The van der Waals surface area contributed by atoms with E-state index in [1.807, 2.05) is 6.92 Å². The first kappa shape index (κ1) is 21.6. The Morgan fingerprint density at radius 3 is 1.78 bits per heavy atom. The van der Waals surface area contributed by atoms with Crippen LogP contribution in [0.2, 0.25) is 0 Å². The summed E-state index contributed by atoms with van der Waals surface area (Å²) in [6.45, 7) is 2.00. The van der Waals surface area contributed by atoms with Gasteiger partial charge < -0.3 is 9.47 Å². The lowest BCUT2D eigenvalue weighted by atomic mass is 9.96. The Hall–Kier alpha value is -1.39. The lowest BCUT2D eigenvalue weighted by Gasteiger charge is -2.09. The van der Waals surface area contributed by atoms with Gasteiger partial charge in [-0.05, 0) is 25.2 Å². The third kappa shape index (κ3) is 14.0. The van der Waals surface area contributed by atoms with Crippen molar-refractivity contribution in [1.82, 2.24) is 0 Å². The highest BCUT2D eigenvalue weighted by Crippen LogP contribution is 2.15. The summed E-state index contributed by atoms with van der Waals surface area (Å²) in [5.41, 5.74) is 0. The van der Waals surface area contributed by atoms with Crippen molar-refractivity contribution in [3.05, 3.63) is 0 Å². The van der Waals surface area contributed by atoms with E-state index in [9.17, 15) is 14.4 Å². The van der Waals surface area contributed by atoms with Crippen molar-refractivity contribution in [3.8, 4) is 0 Å². The summed E-state index contributed by atoms with van der Waals surface area (Å²) in [6, 6.07) is 0. The maximum Gasteiger partial charge on any atom is 0.305 e. The molecule has 23 heavy (non-hydrogen) atoms. The zero-order valence-corrected chi connectivity index (χ0v) is 14.9. The van der Waals surface area contributed by atoms with Crippen molar-refractivity contribution >= 4 is 17.7 Å². The van der Waals surface area contributed by atoms with Crippen molar-refractivity contribution in [2.75, 3.05) is 14.2 Å². The third-order valence-corrected chi connectivity index (χ3v) is 3.96. The van der Waals surface area contributed by atoms with Crippen LogP contribution in [0.1, 0.15) is 77.6 Å². The van der Waals surface area contributed by atoms with Crippen LogP contribution >= 0.6 is 0 Å². The van der Waals surface area contributed by atoms with Crippen LogP contribution in [0.3, 0.4) is 0 Å². The van der Waals surface area contributed by atoms with E-state index in [4.69, 9.17) is 0 Å². The summed E-state index contributed by atoms with van der Waals surface area (Å²) in [4.78, 5) is 33.8. The molecule has 0 saturated carbocycles. The Morgan fingerprint density at radius 1 is 0.739 bits per heavy atom. The molecule has 0 heterocycles. The number of ketones is 1. The number of ether oxygens (including phenoxy) is 2. The Balaban J connectivity index is 3.46. The Kier molecular flexibility index (Phi) is 13.4. The number of esters is 2. The number of unbranched alkanes of at least 4 members (excludes halogenated alkanes) is 5. The van der Waals surface area contributed by atoms with Crippen molar-refractivity contribution in [3.63, 3.8) is 0 Å². The number of carbonyl (C=O) groups excluding carboxylic acids is 3. The van der Waals surface area contributed by atoms with Crippen LogP contribution in [-0.2, 0) is 23.9 Å². The zero-order valence-electron chi connectivity index (χ0n) is 14.9. The predicted molar refractivity (Wildman–Crippen MR) is 89.0 cm³/mol. The lowest BCUT2D eigenvalue weighted by molar-refractivity contribution is -0.141. The summed E-state index contributed by atoms with van der Waals surface area (Å²) < 4.78 is 9.18. The van der Waals surface area contributed by atoms with E-state index in [2.05, 4.69) is 9.47 Å². The quantitative estimate of drug-likeness (QED) is 0.358. The molecule has 0 fully saturated rings. The summed E-state index contributed by atoms with van der Waals surface area (Å²) in [5, 5.41) is 0. The molecule has 5 nitrogen and oxygen atoms in total. The minimum absolute atomic E-state index is 0.142. The van der Waals surface area contributed by atoms with Crippen molar-refractivity contribution in [1.29, 1.82) is 0 Å². The SMILES string of the molecule is COC(=O)CCCCCCCCC(=O)C[C@H](C)CCC(=O)OC. The number of Topliss-reactive ketones (excluding diaryl/α,β-unsaturated/α-hetero) is 1. The number of methoxy groups -OCH3 is 2. The Bertz CT molecular complexity index is 351. The van der Waals surface area contributed by atoms with Crippen LogP contribution in [0.15, 0.2) is 0 Å². The minimum Gasteiger partial charge on any atom is -0.469 e. The molecule has 0 aromatic rings. The molecule has 0 spiro atoms. The maximum absolute atomic E-state index is 11.8. The van der Waals surface area contributed by atoms with Gasteiger partial charge in [0.05, 0.1) is 14.2 Å². The predicted octanol–water partition coefficient (Wildman–Crippen LogP) is 3.83. The molecule has 0 aliphatic rings. The highest BCUT2D eigenvalue weighted by atomic mass is 16.5. The first-order valence-corrected chi connectivity index (χ1v) is 8.65. The van der Waals surface area contributed by atoms with Crippen LogP contribution in [0.25, 0.3) is 0 Å². The number of carbonyl (C=O) groups is 3. The molecular weight excluding hydrogens is 296 g/mol. The Labute approximate surface area is 140 Å². The van der Waals surface area contributed by atoms with Gasteiger partial charge in [0.25, 0.3) is 0 Å². The first-order chi connectivity index (χ1) is 11.0. The van der Waals surface area contributed by atoms with E-state index < -0.39 is 0 Å². The van der Waals surface area contributed by atoms with Crippen LogP contribution in [-0.4, -0.2) is 31.9 Å². The molecule has 0 saturated heterocycles. The topological polar surface area (TPSA) is 69.7 Å². The number of rotatable bonds is 14. The fourth-order valence-electron chi connectivity index (χ4n) is 2.46. The highest BCUT2D eigenvalue weighted by molar-refractivity contribution is 5.78. The second-order valence-electron chi connectivity index (χ2n) is 6.16. The van der Waals surface area contributed by atoms with Crippen LogP contribution < -0.4 is 0 Å². The first-order valence-electron chi connectivity index (χ1n) is 8.65. The molecule has 1 atom stereocenters. The summed E-state index contributed by atoms with van der Waals surface area (Å²) in [7, 11) is 2.79. The molecule has 0 N–H and O–H groups in total. The molecule has 0 bridgehead atoms. The second kappa shape index (κ2) is 14.2. The monoisotopic (exact) mass is 328 g/mol. The molecular formula is C18H32O5. The zero-order chi connectivity index (χ0) is 17.5. The molecule has 0 radical (unpaired) electrons. The van der Waals surface area contributed by atoms with Gasteiger partial charge in [0.2, 0.25) is 0 Å². The lowest BCUT2D eigenvalue weighted by Crippen LogP contribution is -2.08. The van der Waals surface area contributed by atoms with Gasteiger partial charge in [-0.25, -0.2) is 0 Å². The van der Waals surface area contributed by atoms with Gasteiger partial charge in [0, 0.05) is 25.7 Å². The average molecular weight is 328 g/mol. The van der Waals surface area contributed by atoms with Gasteiger partial charge in [0.1, 0.15) is 5.78 Å². The van der Waals surface area contributed by atoms with E-state index in [1.165, 1.54) is 14.2 Å². The molecule has 0 aliphatic carbocycles. The standard InChI is InChI=1S/C18H32O5/c1-15(12-13-18(21)23-3)14-16(19)10-8-6-4-5-7-9-11-17(20)22-2/h15H,4-14H2,1-3H3/t15-/m1/s1. The smallest absolute Gasteiger partial charge is 0.305 e. The molecule has 0 aromatic heterocycles. The Morgan fingerprint density at radius 2 is 1.22 bits per heavy atom. The molecule has 5 heteroatoms. The summed E-state index contributed by atoms with van der Waals surface area (Å²) in [6.07, 6.45) is 8.87. The van der Waals surface area contributed by atoms with E-state index in [0.29, 0.717) is 32.1 Å². The molecule has 0 aliphatic heterocycles. The van der Waals surface area contributed by atoms with E-state index >= 15 is 0 Å². The van der Waals surface area contributed by atoms with Gasteiger partial charge in [-0.3, -0.25) is 14.4 Å². The van der Waals surface area contributed by atoms with E-state index in [0.717, 1.165) is 38.5 Å². The van der Waals surface area contributed by atoms with Gasteiger partial charge in [-0.2, -0.15) is 0 Å². The summed E-state index contributed by atoms with van der Waals surface area (Å²) in [5.74, 6) is 0.168. The minimum atomic E-state index is -0.212. The van der Waals surface area contributed by atoms with Crippen LogP contribution in [0.4, 0.5) is 0 Å². The van der Waals surface area contributed by atoms with Crippen LogP contribution in [0.5, 0.6) is 0 Å². The molecule has 0 amide bonds. The van der Waals surface area contributed by atoms with Gasteiger partial charge in [-0.15, -0.1) is 0 Å². The average Bonchev–Trinajstić information content (AvgIpc) is 2.54. The van der Waals surface area contributed by atoms with Crippen molar-refractivity contribution in [2.24, 2.45) is 5.92 Å². The maximum atomic E-state index is 11.8. The fourth-order valence-corrected chi connectivity index (χ4v) is 2.46. The molecule has 134 valence electrons. The fraction of sp³-hybridized carbons (Fsp3) is 0.833. The molecule has 0 rings (SSSR count). The number of hydrogen-bond donors (Lipinski definition) is 0. The highest BCUT2D eigenvalue weighted by Gasteiger charge is 2.11. The third-order valence-electron chi connectivity index (χ3n) is 3.96. The van der Waals surface area contributed by atoms with E-state index in [-0.39, 0.29) is 23.6 Å². The van der Waals surface area contributed by atoms with E-state index in [1.54, 1.807) is 0 Å². The van der Waals surface area contributed by atoms with Gasteiger partial charge >= 0.3 is 11.9 Å². The largest absolute Gasteiger partial charge is 0.469 e. The number of hydrogen-bond acceptors (Lipinski definition) is 5. The molecule has 0 unspecified atom stereocenters.